The summed E-state index contributed by atoms with van der Waals surface area (Å²) in [5.74, 6) is -0.157. The third-order valence-corrected chi connectivity index (χ3v) is 7.27. The Bertz CT molecular complexity index is 696. The molecule has 2 heterocycles. The molecule has 0 amide bonds. The van der Waals surface area contributed by atoms with Crippen molar-refractivity contribution >= 4 is 31.5 Å². The summed E-state index contributed by atoms with van der Waals surface area (Å²) in [7, 11) is -6.94. The minimum Gasteiger partial charge on any atom is -0.281 e. The van der Waals surface area contributed by atoms with Crippen LogP contribution in [-0.4, -0.2) is 55.9 Å². The number of hydrogen-bond donors (Lipinski definition) is 1. The average molecular weight is 342 g/mol. The van der Waals surface area contributed by atoms with Crippen molar-refractivity contribution in [2.45, 2.75) is 24.1 Å². The SMILES string of the molecule is Cc1[nH]nc(CCl)c1S(=O)(=O)N1CCCS(=O)(=O)CC1. The van der Waals surface area contributed by atoms with Gasteiger partial charge in [0.2, 0.25) is 10.0 Å². The lowest BCUT2D eigenvalue weighted by molar-refractivity contribution is 0.434. The number of alkyl halides is 1. The van der Waals surface area contributed by atoms with Gasteiger partial charge >= 0.3 is 0 Å². The van der Waals surface area contributed by atoms with Crippen molar-refractivity contribution in [3.05, 3.63) is 11.4 Å². The van der Waals surface area contributed by atoms with Gasteiger partial charge in [-0.3, -0.25) is 5.10 Å². The van der Waals surface area contributed by atoms with Gasteiger partial charge in [0, 0.05) is 13.1 Å². The molecule has 1 aliphatic rings. The minimum atomic E-state index is -3.77. The summed E-state index contributed by atoms with van der Waals surface area (Å²) >= 11 is 5.71. The van der Waals surface area contributed by atoms with Crippen LogP contribution in [0.2, 0.25) is 0 Å². The summed E-state index contributed by atoms with van der Waals surface area (Å²) in [6, 6.07) is 0. The van der Waals surface area contributed by atoms with Gasteiger partial charge in [0.05, 0.1) is 28.8 Å². The zero-order chi connectivity index (χ0) is 15.0. The van der Waals surface area contributed by atoms with Gasteiger partial charge in [0.15, 0.2) is 9.84 Å². The number of H-pyrrole nitrogens is 1. The van der Waals surface area contributed by atoms with E-state index in [1.807, 2.05) is 0 Å². The lowest BCUT2D eigenvalue weighted by Gasteiger charge is -2.19. The Morgan fingerprint density at radius 2 is 2.05 bits per heavy atom. The summed E-state index contributed by atoms with van der Waals surface area (Å²) in [5.41, 5.74) is 0.670. The monoisotopic (exact) mass is 341 g/mol. The maximum absolute atomic E-state index is 12.6. The molecule has 1 fully saturated rings. The smallest absolute Gasteiger partial charge is 0.246 e. The molecule has 0 unspecified atom stereocenters. The molecule has 1 aliphatic heterocycles. The summed E-state index contributed by atoms with van der Waals surface area (Å²) in [4.78, 5) is 0.0618. The topological polar surface area (TPSA) is 100 Å². The van der Waals surface area contributed by atoms with Gasteiger partial charge in [-0.2, -0.15) is 9.40 Å². The van der Waals surface area contributed by atoms with Crippen LogP contribution in [0, 0.1) is 6.92 Å². The van der Waals surface area contributed by atoms with Gasteiger partial charge in [-0.1, -0.05) is 0 Å². The first kappa shape index (κ1) is 15.7. The zero-order valence-electron chi connectivity index (χ0n) is 11.0. The fraction of sp³-hybridized carbons (Fsp3) is 0.700. The van der Waals surface area contributed by atoms with E-state index in [4.69, 9.17) is 11.6 Å². The number of nitrogens with one attached hydrogen (secondary N) is 1. The molecule has 0 radical (unpaired) electrons. The number of aryl methyl sites for hydroxylation is 1. The molecular formula is C10H16ClN3O4S2. The third kappa shape index (κ3) is 3.00. The number of aromatic amines is 1. The molecule has 0 aromatic carbocycles. The van der Waals surface area contributed by atoms with Crippen molar-refractivity contribution in [3.63, 3.8) is 0 Å². The van der Waals surface area contributed by atoms with Gasteiger partial charge in [-0.25, -0.2) is 16.8 Å². The van der Waals surface area contributed by atoms with Crippen LogP contribution in [0.1, 0.15) is 17.8 Å². The number of aromatic nitrogens is 2. The number of sulfone groups is 1. The predicted molar refractivity (Wildman–Crippen MR) is 74.9 cm³/mol. The van der Waals surface area contributed by atoms with E-state index < -0.39 is 19.9 Å². The van der Waals surface area contributed by atoms with Gasteiger partial charge < -0.3 is 0 Å². The largest absolute Gasteiger partial charge is 0.281 e. The van der Waals surface area contributed by atoms with E-state index in [1.54, 1.807) is 6.92 Å². The molecule has 2 rings (SSSR count). The minimum absolute atomic E-state index is 0.0196. The molecule has 10 heteroatoms. The van der Waals surface area contributed by atoms with Crippen molar-refractivity contribution in [2.24, 2.45) is 0 Å². The summed E-state index contributed by atoms with van der Waals surface area (Å²) in [5, 5.41) is 6.47. The van der Waals surface area contributed by atoms with Crippen molar-refractivity contribution in [1.82, 2.24) is 14.5 Å². The van der Waals surface area contributed by atoms with Crippen molar-refractivity contribution in [3.8, 4) is 0 Å². The Kier molecular flexibility index (Phi) is 4.43. The lowest BCUT2D eigenvalue weighted by atomic mass is 10.4. The highest BCUT2D eigenvalue weighted by atomic mass is 35.5. The molecule has 0 atom stereocenters. The molecule has 0 spiro atoms. The van der Waals surface area contributed by atoms with Crippen molar-refractivity contribution in [2.75, 3.05) is 24.6 Å². The first-order chi connectivity index (χ1) is 9.28. The summed E-state index contributed by atoms with van der Waals surface area (Å²) in [6.45, 7) is 1.76. The summed E-state index contributed by atoms with van der Waals surface area (Å²) in [6.07, 6.45) is 0.300. The molecule has 0 bridgehead atoms. The van der Waals surface area contributed by atoms with Crippen LogP contribution in [0.3, 0.4) is 0 Å². The number of nitrogens with zero attached hydrogens (tertiary/aromatic N) is 2. The Balaban J connectivity index is 2.37. The molecule has 0 saturated carbocycles. The van der Waals surface area contributed by atoms with E-state index in [0.29, 0.717) is 12.1 Å². The number of rotatable bonds is 3. The molecule has 7 nitrogen and oxygen atoms in total. The molecule has 20 heavy (non-hydrogen) atoms. The normalized spacial score (nSPS) is 20.7. The van der Waals surface area contributed by atoms with Crippen LogP contribution in [0.15, 0.2) is 4.90 Å². The van der Waals surface area contributed by atoms with E-state index in [9.17, 15) is 16.8 Å². The Morgan fingerprint density at radius 1 is 1.35 bits per heavy atom. The second-order valence-electron chi connectivity index (χ2n) is 4.67. The Hall–Kier alpha value is -0.640. The third-order valence-electron chi connectivity index (χ3n) is 3.20. The quantitative estimate of drug-likeness (QED) is 0.795. The molecule has 0 aliphatic carbocycles. The van der Waals surface area contributed by atoms with E-state index in [1.165, 1.54) is 4.31 Å². The van der Waals surface area contributed by atoms with Crippen LogP contribution in [0.25, 0.3) is 0 Å². The fourth-order valence-corrected chi connectivity index (χ4v) is 5.65. The van der Waals surface area contributed by atoms with Crippen LogP contribution in [-0.2, 0) is 25.7 Å². The maximum Gasteiger partial charge on any atom is 0.246 e. The van der Waals surface area contributed by atoms with E-state index >= 15 is 0 Å². The average Bonchev–Trinajstić information content (AvgIpc) is 2.64. The van der Waals surface area contributed by atoms with Crippen LogP contribution >= 0.6 is 11.6 Å². The highest BCUT2D eigenvalue weighted by Crippen LogP contribution is 2.24. The molecular weight excluding hydrogens is 326 g/mol. The molecule has 1 aromatic heterocycles. The van der Waals surface area contributed by atoms with E-state index in [0.717, 1.165) is 0 Å². The predicted octanol–water partition coefficient (Wildman–Crippen LogP) is 0.266. The van der Waals surface area contributed by atoms with Gasteiger partial charge in [-0.15, -0.1) is 11.6 Å². The molecule has 1 aromatic rings. The van der Waals surface area contributed by atoms with Gasteiger partial charge in [0.25, 0.3) is 0 Å². The van der Waals surface area contributed by atoms with E-state index in [2.05, 4.69) is 10.2 Å². The van der Waals surface area contributed by atoms with Crippen LogP contribution < -0.4 is 0 Å². The second-order valence-corrected chi connectivity index (χ2v) is 9.11. The first-order valence-electron chi connectivity index (χ1n) is 6.08. The first-order valence-corrected chi connectivity index (χ1v) is 9.88. The molecule has 114 valence electrons. The standard InChI is InChI=1S/C10H16ClN3O4S2/c1-8-10(9(7-11)13-12-8)20(17,18)14-3-2-5-19(15,16)6-4-14/h2-7H2,1H3,(H,12,13). The van der Waals surface area contributed by atoms with Crippen molar-refractivity contribution < 1.29 is 16.8 Å². The highest BCUT2D eigenvalue weighted by molar-refractivity contribution is 7.91. The van der Waals surface area contributed by atoms with Crippen LogP contribution in [0.4, 0.5) is 0 Å². The van der Waals surface area contributed by atoms with Crippen LogP contribution in [0.5, 0.6) is 0 Å². The zero-order valence-corrected chi connectivity index (χ0v) is 13.4. The second kappa shape index (κ2) is 5.63. The lowest BCUT2D eigenvalue weighted by Crippen LogP contribution is -2.34. The summed E-state index contributed by atoms with van der Waals surface area (Å²) < 4.78 is 49.6. The van der Waals surface area contributed by atoms with Crippen molar-refractivity contribution in [1.29, 1.82) is 0 Å². The molecule has 1 saturated heterocycles. The Labute approximate surface area is 123 Å². The fourth-order valence-electron chi connectivity index (χ4n) is 2.19. The highest BCUT2D eigenvalue weighted by Gasteiger charge is 2.33. The number of sulfonamides is 1. The number of hydrogen-bond acceptors (Lipinski definition) is 5. The van der Waals surface area contributed by atoms with E-state index in [-0.39, 0.29) is 41.1 Å². The Morgan fingerprint density at radius 3 is 2.70 bits per heavy atom. The molecule has 1 N–H and O–H groups in total. The number of halogens is 1. The van der Waals surface area contributed by atoms with Gasteiger partial charge in [0.1, 0.15) is 4.90 Å². The maximum atomic E-state index is 12.6. The van der Waals surface area contributed by atoms with Gasteiger partial charge in [-0.05, 0) is 13.3 Å².